The summed E-state index contributed by atoms with van der Waals surface area (Å²) in [6, 6.07) is 6.00. The quantitative estimate of drug-likeness (QED) is 0.728. The van der Waals surface area contributed by atoms with Crippen molar-refractivity contribution in [1.82, 2.24) is 15.0 Å². The van der Waals surface area contributed by atoms with Crippen LogP contribution < -0.4 is 4.74 Å². The fourth-order valence-electron chi connectivity index (χ4n) is 1.74. The number of aromatic nitrogens is 3. The molecule has 1 aromatic heterocycles. The third-order valence-corrected chi connectivity index (χ3v) is 4.53. The highest BCUT2D eigenvalue weighted by molar-refractivity contribution is 9.10. The number of alkyl halides is 1. The van der Waals surface area contributed by atoms with Crippen molar-refractivity contribution in [3.8, 4) is 5.75 Å². The Morgan fingerprint density at radius 2 is 2.21 bits per heavy atom. The lowest BCUT2D eigenvalue weighted by Gasteiger charge is -2.06. The molecule has 19 heavy (non-hydrogen) atoms. The summed E-state index contributed by atoms with van der Waals surface area (Å²) in [4.78, 5) is 0.267. The second-order valence-electron chi connectivity index (χ2n) is 4.19. The molecule has 0 spiro atoms. The van der Waals surface area contributed by atoms with E-state index in [2.05, 4.69) is 49.1 Å². The molecule has 0 radical (unpaired) electrons. The van der Waals surface area contributed by atoms with E-state index in [1.165, 1.54) is 0 Å². The van der Waals surface area contributed by atoms with Gasteiger partial charge in [-0.1, -0.05) is 34.1 Å². The van der Waals surface area contributed by atoms with Gasteiger partial charge in [0.05, 0.1) is 28.6 Å². The maximum Gasteiger partial charge on any atom is 0.133 e. The van der Waals surface area contributed by atoms with Crippen LogP contribution in [0.25, 0.3) is 0 Å². The van der Waals surface area contributed by atoms with Crippen LogP contribution in [0.3, 0.4) is 0 Å². The molecule has 1 aromatic carbocycles. The van der Waals surface area contributed by atoms with E-state index >= 15 is 0 Å². The summed E-state index contributed by atoms with van der Waals surface area (Å²) in [5.74, 6) is 0.828. The number of hydrogen-bond acceptors (Lipinski definition) is 3. The lowest BCUT2D eigenvalue weighted by molar-refractivity contribution is 0.412. The van der Waals surface area contributed by atoms with Crippen molar-refractivity contribution in [2.75, 3.05) is 7.11 Å². The molecule has 102 valence electrons. The number of rotatable bonds is 5. The van der Waals surface area contributed by atoms with E-state index in [0.717, 1.165) is 27.9 Å². The highest BCUT2D eigenvalue weighted by Crippen LogP contribution is 2.26. The van der Waals surface area contributed by atoms with E-state index in [1.807, 2.05) is 29.1 Å². The minimum atomic E-state index is 0.267. The summed E-state index contributed by atoms with van der Waals surface area (Å²) < 4.78 is 8.00. The molecule has 0 aliphatic rings. The summed E-state index contributed by atoms with van der Waals surface area (Å²) in [5, 5.41) is 8.31. The number of hydrogen-bond donors (Lipinski definition) is 0. The van der Waals surface area contributed by atoms with Crippen LogP contribution in [0.1, 0.15) is 29.4 Å². The van der Waals surface area contributed by atoms with Crippen LogP contribution in [-0.2, 0) is 6.54 Å². The first-order valence-electron chi connectivity index (χ1n) is 6.00. The number of halogens is 2. The normalized spacial score (nSPS) is 12.4. The fourth-order valence-corrected chi connectivity index (χ4v) is 2.54. The summed E-state index contributed by atoms with van der Waals surface area (Å²) in [6.45, 7) is 2.80. The molecule has 0 aliphatic heterocycles. The van der Waals surface area contributed by atoms with Gasteiger partial charge in [-0.2, -0.15) is 0 Å². The maximum absolute atomic E-state index is 5.21. The molecule has 0 N–H and O–H groups in total. The van der Waals surface area contributed by atoms with Crippen molar-refractivity contribution in [3.05, 3.63) is 40.1 Å². The van der Waals surface area contributed by atoms with Gasteiger partial charge in [0, 0.05) is 6.20 Å². The van der Waals surface area contributed by atoms with Gasteiger partial charge in [-0.05, 0) is 40.0 Å². The van der Waals surface area contributed by atoms with E-state index in [9.17, 15) is 0 Å². The molecular formula is C13H15Br2N3O. The molecule has 0 bridgehead atoms. The van der Waals surface area contributed by atoms with Crippen LogP contribution in [0, 0.1) is 0 Å². The van der Waals surface area contributed by atoms with E-state index in [0.29, 0.717) is 6.54 Å². The minimum absolute atomic E-state index is 0.267. The van der Waals surface area contributed by atoms with Crippen LogP contribution in [0.15, 0.2) is 28.9 Å². The Labute approximate surface area is 129 Å². The lowest BCUT2D eigenvalue weighted by atomic mass is 10.2. The maximum atomic E-state index is 5.21. The predicted octanol–water partition coefficient (Wildman–Crippen LogP) is 3.94. The van der Waals surface area contributed by atoms with Gasteiger partial charge < -0.3 is 4.74 Å². The topological polar surface area (TPSA) is 39.9 Å². The van der Waals surface area contributed by atoms with Crippen molar-refractivity contribution in [1.29, 1.82) is 0 Å². The van der Waals surface area contributed by atoms with Crippen molar-refractivity contribution in [2.24, 2.45) is 0 Å². The van der Waals surface area contributed by atoms with Crippen LogP contribution in [0.4, 0.5) is 0 Å². The molecule has 0 saturated heterocycles. The van der Waals surface area contributed by atoms with Gasteiger partial charge in [0.1, 0.15) is 5.75 Å². The smallest absolute Gasteiger partial charge is 0.133 e. The Morgan fingerprint density at radius 1 is 1.42 bits per heavy atom. The Bertz CT molecular complexity index is 557. The van der Waals surface area contributed by atoms with E-state index in [1.54, 1.807) is 7.11 Å². The van der Waals surface area contributed by atoms with Gasteiger partial charge in [0.2, 0.25) is 0 Å². The number of nitrogens with zero attached hydrogens (tertiary/aromatic N) is 3. The molecule has 1 atom stereocenters. The second kappa shape index (κ2) is 6.52. The van der Waals surface area contributed by atoms with Crippen molar-refractivity contribution < 1.29 is 4.74 Å². The van der Waals surface area contributed by atoms with Crippen LogP contribution in [-0.4, -0.2) is 22.1 Å². The van der Waals surface area contributed by atoms with Gasteiger partial charge in [-0.3, -0.25) is 0 Å². The van der Waals surface area contributed by atoms with Gasteiger partial charge in [0.25, 0.3) is 0 Å². The summed E-state index contributed by atoms with van der Waals surface area (Å²) in [5.41, 5.74) is 2.11. The molecule has 2 rings (SSSR count). The molecule has 0 aliphatic carbocycles. The Hall–Kier alpha value is -0.880. The molecule has 0 saturated carbocycles. The third kappa shape index (κ3) is 3.57. The van der Waals surface area contributed by atoms with Crippen LogP contribution in [0.2, 0.25) is 0 Å². The molecular weight excluding hydrogens is 374 g/mol. The SMILES string of the molecule is CCC(Br)c1cn(Cc2ccc(OC)c(Br)c2)nn1. The van der Waals surface area contributed by atoms with Crippen LogP contribution in [0.5, 0.6) is 5.75 Å². The fraction of sp³-hybridized carbons (Fsp3) is 0.385. The zero-order chi connectivity index (χ0) is 13.8. The monoisotopic (exact) mass is 387 g/mol. The molecule has 2 aromatic rings. The number of ether oxygens (including phenoxy) is 1. The third-order valence-electron chi connectivity index (χ3n) is 2.80. The molecule has 1 heterocycles. The summed E-state index contributed by atoms with van der Waals surface area (Å²) in [6.07, 6.45) is 2.97. The van der Waals surface area contributed by atoms with Crippen LogP contribution >= 0.6 is 31.9 Å². The summed E-state index contributed by atoms with van der Waals surface area (Å²) in [7, 11) is 1.66. The molecule has 4 nitrogen and oxygen atoms in total. The van der Waals surface area contributed by atoms with E-state index in [-0.39, 0.29) is 4.83 Å². The average molecular weight is 389 g/mol. The second-order valence-corrected chi connectivity index (χ2v) is 6.15. The van der Waals surface area contributed by atoms with Crippen molar-refractivity contribution in [2.45, 2.75) is 24.7 Å². The Kier molecular flexibility index (Phi) is 4.99. The lowest BCUT2D eigenvalue weighted by Crippen LogP contribution is -2.00. The van der Waals surface area contributed by atoms with E-state index in [4.69, 9.17) is 4.74 Å². The zero-order valence-corrected chi connectivity index (χ0v) is 14.0. The molecule has 1 unspecified atom stereocenters. The number of methoxy groups -OCH3 is 1. The standard InChI is InChI=1S/C13H15Br2N3O/c1-3-10(14)12-8-18(17-16-12)7-9-4-5-13(19-2)11(15)6-9/h4-6,8,10H,3,7H2,1-2H3. The highest BCUT2D eigenvalue weighted by Gasteiger charge is 2.10. The van der Waals surface area contributed by atoms with Gasteiger partial charge in [-0.25, -0.2) is 4.68 Å². The first-order chi connectivity index (χ1) is 9.13. The molecule has 6 heteroatoms. The van der Waals surface area contributed by atoms with Gasteiger partial charge >= 0.3 is 0 Å². The first-order valence-corrected chi connectivity index (χ1v) is 7.71. The Balaban J connectivity index is 2.12. The Morgan fingerprint density at radius 3 is 2.84 bits per heavy atom. The number of benzene rings is 1. The first kappa shape index (κ1) is 14.5. The summed E-state index contributed by atoms with van der Waals surface area (Å²) >= 11 is 7.06. The predicted molar refractivity (Wildman–Crippen MR) is 81.8 cm³/mol. The van der Waals surface area contributed by atoms with Gasteiger partial charge in [0.15, 0.2) is 0 Å². The molecule has 0 amide bonds. The molecule has 0 fully saturated rings. The zero-order valence-electron chi connectivity index (χ0n) is 10.8. The average Bonchev–Trinajstić information content (AvgIpc) is 2.86. The minimum Gasteiger partial charge on any atom is -0.496 e. The largest absolute Gasteiger partial charge is 0.496 e. The van der Waals surface area contributed by atoms with E-state index < -0.39 is 0 Å². The van der Waals surface area contributed by atoms with Crippen molar-refractivity contribution in [3.63, 3.8) is 0 Å². The van der Waals surface area contributed by atoms with Gasteiger partial charge in [-0.15, -0.1) is 5.10 Å². The van der Waals surface area contributed by atoms with Crippen molar-refractivity contribution >= 4 is 31.9 Å². The highest BCUT2D eigenvalue weighted by atomic mass is 79.9.